The Labute approximate surface area is 300 Å². The van der Waals surface area contributed by atoms with Crippen LogP contribution in [-0.2, 0) is 36.4 Å². The topological polar surface area (TPSA) is 96.0 Å². The molecule has 5 aromatic carbocycles. The predicted molar refractivity (Wildman–Crippen MR) is 199 cm³/mol. The third kappa shape index (κ3) is 7.10. The maximum Gasteiger partial charge on any atom is 0.324 e. The molecule has 0 radical (unpaired) electrons. The molecular formula is C42H43N3O5S. The van der Waals surface area contributed by atoms with Gasteiger partial charge in [0, 0.05) is 25.1 Å². The Morgan fingerprint density at radius 2 is 1.31 bits per heavy atom. The van der Waals surface area contributed by atoms with E-state index in [1.807, 2.05) is 127 Å². The van der Waals surface area contributed by atoms with Crippen LogP contribution >= 0.6 is 0 Å². The number of hydrogen-bond acceptors (Lipinski definition) is 7. The molecule has 0 spiro atoms. The van der Waals surface area contributed by atoms with Crippen molar-refractivity contribution >= 4 is 21.9 Å². The Morgan fingerprint density at radius 3 is 1.84 bits per heavy atom. The summed E-state index contributed by atoms with van der Waals surface area (Å²) in [7, 11) is -3.13. The fourth-order valence-corrected chi connectivity index (χ4v) is 9.01. The summed E-state index contributed by atoms with van der Waals surface area (Å²) < 4.78 is 37.1. The van der Waals surface area contributed by atoms with Crippen LogP contribution in [0.1, 0.15) is 54.9 Å². The number of nitrogens with zero attached hydrogens (tertiary/aromatic N) is 2. The van der Waals surface area contributed by atoms with Crippen molar-refractivity contribution < 1.29 is 22.7 Å². The minimum Gasteiger partial charge on any atom is -0.468 e. The fourth-order valence-electron chi connectivity index (χ4n) is 7.07. The molecule has 1 heterocycles. The van der Waals surface area contributed by atoms with Crippen LogP contribution < -0.4 is 5.43 Å². The summed E-state index contributed by atoms with van der Waals surface area (Å²) in [6.45, 7) is 3.11. The van der Waals surface area contributed by atoms with E-state index in [-0.39, 0.29) is 23.3 Å². The number of hydrogen-bond donors (Lipinski definition) is 1. The van der Waals surface area contributed by atoms with Crippen molar-refractivity contribution in [2.45, 2.75) is 55.6 Å². The molecule has 1 fully saturated rings. The molecule has 262 valence electrons. The van der Waals surface area contributed by atoms with Crippen molar-refractivity contribution in [1.29, 1.82) is 0 Å². The second-order valence-corrected chi connectivity index (χ2v) is 14.4. The SMILES string of the molecule is CCCC(=O)N(C(c1ccccc1)(c1ccccc1)c1ccccc1)S(=O)(=O)c1ccccc1-c1ccc(CNN2CCCC2C(=O)OC)cc1. The predicted octanol–water partition coefficient (Wildman–Crippen LogP) is 7.31. The second-order valence-electron chi connectivity index (χ2n) is 12.6. The fraction of sp³-hybridized carbons (Fsp3) is 0.238. The number of hydrazine groups is 1. The number of carbonyl (C=O) groups excluding carboxylic acids is 2. The lowest BCUT2D eigenvalue weighted by molar-refractivity contribution is -0.147. The summed E-state index contributed by atoms with van der Waals surface area (Å²) >= 11 is 0. The molecule has 1 aliphatic heterocycles. The molecule has 1 aliphatic rings. The first-order chi connectivity index (χ1) is 24.8. The van der Waals surface area contributed by atoms with E-state index in [1.54, 1.807) is 24.3 Å². The molecule has 1 amide bonds. The van der Waals surface area contributed by atoms with Crippen LogP contribution in [0.4, 0.5) is 0 Å². The minimum absolute atomic E-state index is 0.0329. The Balaban J connectivity index is 1.46. The number of amides is 1. The standard InChI is InChI=1S/C42H43N3O5S/c1-3-16-40(46)45(42(34-17-7-4-8-18-34,35-19-9-5-10-20-35)36-21-11-6-12-22-36)51(48,49)39-25-14-13-23-37(39)33-28-26-32(27-29-33)31-43-44-30-15-24-38(44)41(47)50-2/h4-14,17-23,25-29,38,43H,3,15-16,24,30-31H2,1-2H3. The average Bonchev–Trinajstić information content (AvgIpc) is 3.66. The van der Waals surface area contributed by atoms with Crippen molar-refractivity contribution in [1.82, 2.24) is 14.7 Å². The van der Waals surface area contributed by atoms with Crippen molar-refractivity contribution in [2.75, 3.05) is 13.7 Å². The van der Waals surface area contributed by atoms with Gasteiger partial charge >= 0.3 is 5.97 Å². The zero-order chi connectivity index (χ0) is 35.8. The lowest BCUT2D eigenvalue weighted by atomic mass is 9.76. The Bertz CT molecular complexity index is 1940. The van der Waals surface area contributed by atoms with Crippen molar-refractivity contribution in [2.24, 2.45) is 0 Å². The van der Waals surface area contributed by atoms with Gasteiger partial charge in [0.25, 0.3) is 10.0 Å². The molecule has 51 heavy (non-hydrogen) atoms. The van der Waals surface area contributed by atoms with Crippen molar-refractivity contribution in [3.8, 4) is 11.1 Å². The van der Waals surface area contributed by atoms with E-state index in [0.717, 1.165) is 29.3 Å². The Kier molecular flexibility index (Phi) is 11.1. The molecular weight excluding hydrogens is 659 g/mol. The van der Waals surface area contributed by atoms with Gasteiger partial charge in [-0.05, 0) is 53.1 Å². The van der Waals surface area contributed by atoms with Crippen LogP contribution in [0.15, 0.2) is 144 Å². The van der Waals surface area contributed by atoms with E-state index >= 15 is 8.42 Å². The van der Waals surface area contributed by atoms with Crippen LogP contribution in [0.5, 0.6) is 0 Å². The highest BCUT2D eigenvalue weighted by Crippen LogP contribution is 2.46. The summed E-state index contributed by atoms with van der Waals surface area (Å²) in [5.74, 6) is -0.757. The van der Waals surface area contributed by atoms with E-state index in [0.29, 0.717) is 40.8 Å². The van der Waals surface area contributed by atoms with Gasteiger partial charge in [-0.25, -0.2) is 23.2 Å². The molecule has 0 aliphatic carbocycles. The van der Waals surface area contributed by atoms with Crippen molar-refractivity contribution in [3.63, 3.8) is 0 Å². The molecule has 1 atom stereocenters. The zero-order valence-electron chi connectivity index (χ0n) is 28.9. The number of esters is 1. The normalized spacial score (nSPS) is 15.0. The van der Waals surface area contributed by atoms with Gasteiger partial charge in [-0.1, -0.05) is 140 Å². The van der Waals surface area contributed by atoms with Crippen LogP contribution in [-0.4, -0.2) is 49.3 Å². The Hall–Kier alpha value is -5.09. The Morgan fingerprint density at radius 1 is 0.784 bits per heavy atom. The largest absolute Gasteiger partial charge is 0.468 e. The third-order valence-corrected chi connectivity index (χ3v) is 11.3. The van der Waals surface area contributed by atoms with Gasteiger partial charge in [0.1, 0.15) is 11.6 Å². The molecule has 0 saturated carbocycles. The molecule has 8 nitrogen and oxygen atoms in total. The first-order valence-corrected chi connectivity index (χ1v) is 18.8. The molecule has 1 N–H and O–H groups in total. The van der Waals surface area contributed by atoms with Gasteiger partial charge in [0.2, 0.25) is 5.91 Å². The molecule has 0 aromatic heterocycles. The van der Waals surface area contributed by atoms with Crippen LogP contribution in [0, 0.1) is 0 Å². The van der Waals surface area contributed by atoms with E-state index in [4.69, 9.17) is 4.74 Å². The summed E-state index contributed by atoms with van der Waals surface area (Å²) in [5.41, 5.74) is 5.93. The first-order valence-electron chi connectivity index (χ1n) is 17.3. The number of carbonyl (C=O) groups is 2. The smallest absolute Gasteiger partial charge is 0.324 e. The number of ether oxygens (including phenoxy) is 1. The molecule has 6 rings (SSSR count). The molecule has 5 aromatic rings. The highest BCUT2D eigenvalue weighted by Gasteiger charge is 2.51. The minimum atomic E-state index is -4.53. The quantitative estimate of drug-likeness (QED) is 0.102. The lowest BCUT2D eigenvalue weighted by Gasteiger charge is -2.44. The van der Waals surface area contributed by atoms with E-state index in [9.17, 15) is 9.59 Å². The number of methoxy groups -OCH3 is 1. The number of sulfonamides is 1. The lowest BCUT2D eigenvalue weighted by Crippen LogP contribution is -2.54. The van der Waals surface area contributed by atoms with Gasteiger partial charge in [-0.2, -0.15) is 0 Å². The van der Waals surface area contributed by atoms with E-state index < -0.39 is 21.5 Å². The third-order valence-electron chi connectivity index (χ3n) is 9.45. The van der Waals surface area contributed by atoms with Crippen molar-refractivity contribution in [3.05, 3.63) is 162 Å². The van der Waals surface area contributed by atoms with Crippen LogP contribution in [0.3, 0.4) is 0 Å². The number of rotatable bonds is 13. The highest BCUT2D eigenvalue weighted by atomic mass is 32.2. The first kappa shape index (κ1) is 35.7. The van der Waals surface area contributed by atoms with Gasteiger partial charge in [0.05, 0.1) is 12.0 Å². The van der Waals surface area contributed by atoms with Crippen LogP contribution in [0.25, 0.3) is 11.1 Å². The molecule has 9 heteroatoms. The van der Waals surface area contributed by atoms with Gasteiger partial charge in [0.15, 0.2) is 0 Å². The maximum atomic E-state index is 15.5. The monoisotopic (exact) mass is 701 g/mol. The molecule has 0 bridgehead atoms. The molecule has 1 saturated heterocycles. The summed E-state index contributed by atoms with van der Waals surface area (Å²) in [6.07, 6.45) is 2.13. The van der Waals surface area contributed by atoms with Gasteiger partial charge in [-0.3, -0.25) is 9.59 Å². The summed E-state index contributed by atoms with van der Waals surface area (Å²) in [4.78, 5) is 26.8. The molecule has 1 unspecified atom stereocenters. The highest BCUT2D eigenvalue weighted by molar-refractivity contribution is 7.89. The number of nitrogens with one attached hydrogen (secondary N) is 1. The maximum absolute atomic E-state index is 15.5. The second kappa shape index (κ2) is 15.9. The van der Waals surface area contributed by atoms with Gasteiger partial charge in [-0.15, -0.1) is 0 Å². The average molecular weight is 702 g/mol. The zero-order valence-corrected chi connectivity index (χ0v) is 29.8. The van der Waals surface area contributed by atoms with Gasteiger partial charge < -0.3 is 4.74 Å². The van der Waals surface area contributed by atoms with Crippen LogP contribution in [0.2, 0.25) is 0 Å². The number of benzene rings is 5. The van der Waals surface area contributed by atoms with E-state index in [2.05, 4.69) is 5.43 Å². The summed E-state index contributed by atoms with van der Waals surface area (Å²) in [6, 6.07) is 42.4. The summed E-state index contributed by atoms with van der Waals surface area (Å²) in [5, 5.41) is 1.92. The van der Waals surface area contributed by atoms with E-state index in [1.165, 1.54) is 7.11 Å².